The Hall–Kier alpha value is -5.56. The summed E-state index contributed by atoms with van der Waals surface area (Å²) in [5.41, 5.74) is 6.81. The number of nitro groups is 1. The SMILES string of the molecule is Cc1ccc(N=C2S/C(=C\c3ccc(Sc4nc5ccc(NC(=O)c6ccccc6C)cc5s4)c([N+](=O)[O-])c3)C(=O)N2c2ccc(C)cc2)cc1. The Bertz CT molecular complexity index is 2400. The highest BCUT2D eigenvalue weighted by atomic mass is 32.2. The van der Waals surface area contributed by atoms with Gasteiger partial charge in [0, 0.05) is 17.3 Å². The summed E-state index contributed by atoms with van der Waals surface area (Å²) < 4.78 is 1.45. The van der Waals surface area contributed by atoms with Crippen LogP contribution in [0.1, 0.15) is 32.6 Å². The summed E-state index contributed by atoms with van der Waals surface area (Å²) in [7, 11) is 0. The molecule has 12 heteroatoms. The number of benzene rings is 5. The Kier molecular flexibility index (Phi) is 9.54. The van der Waals surface area contributed by atoms with Crippen LogP contribution in [0.15, 0.2) is 128 Å². The van der Waals surface area contributed by atoms with E-state index in [1.165, 1.54) is 40.9 Å². The van der Waals surface area contributed by atoms with Crippen LogP contribution in [0.2, 0.25) is 0 Å². The smallest absolute Gasteiger partial charge is 0.283 e. The molecule has 1 aliphatic heterocycles. The molecule has 0 radical (unpaired) electrons. The fourth-order valence-electron chi connectivity index (χ4n) is 5.35. The first-order chi connectivity index (χ1) is 24.6. The van der Waals surface area contributed by atoms with Gasteiger partial charge in [0.05, 0.1) is 36.3 Å². The molecule has 5 aromatic carbocycles. The Morgan fingerprint density at radius 2 is 1.65 bits per heavy atom. The number of fused-ring (bicyclic) bond motifs is 1. The number of amides is 2. The number of aliphatic imine (C=N–C) groups is 1. The maximum atomic E-state index is 13.8. The molecule has 0 spiro atoms. The van der Waals surface area contributed by atoms with E-state index in [0.717, 1.165) is 26.9 Å². The van der Waals surface area contributed by atoms with E-state index in [2.05, 4.69) is 10.3 Å². The molecule has 1 fully saturated rings. The number of nitro benzene ring substituents is 1. The van der Waals surface area contributed by atoms with Crippen molar-refractivity contribution in [2.24, 2.45) is 4.99 Å². The maximum Gasteiger partial charge on any atom is 0.283 e. The van der Waals surface area contributed by atoms with Gasteiger partial charge in [0.25, 0.3) is 17.5 Å². The fraction of sp³-hybridized carbons (Fsp3) is 0.0769. The molecular formula is C39H29N5O4S3. The summed E-state index contributed by atoms with van der Waals surface area (Å²) in [6.07, 6.45) is 1.66. The number of thiazole rings is 1. The van der Waals surface area contributed by atoms with Crippen LogP contribution >= 0.6 is 34.9 Å². The highest BCUT2D eigenvalue weighted by molar-refractivity contribution is 8.19. The number of hydrogen-bond acceptors (Lipinski definition) is 9. The molecule has 7 rings (SSSR count). The van der Waals surface area contributed by atoms with Crippen LogP contribution in [0.3, 0.4) is 0 Å². The molecule has 0 unspecified atom stereocenters. The Morgan fingerprint density at radius 1 is 0.922 bits per heavy atom. The van der Waals surface area contributed by atoms with Crippen molar-refractivity contribution in [3.8, 4) is 0 Å². The standard InChI is InChI=1S/C39H29N5O4S3/c1-23-8-13-27(14-9-23)41-38-43(29-16-10-24(2)11-17-29)37(46)35(49-38)21-26-12-19-33(32(20-26)44(47)48)50-39-42-31-18-15-28(22-34(31)51-39)40-36(45)30-7-5-4-6-25(30)3/h4-22H,1-3H3,(H,40,45)/b35-21-,41-38?. The molecule has 1 saturated heterocycles. The van der Waals surface area contributed by atoms with Gasteiger partial charge in [0.15, 0.2) is 9.51 Å². The summed E-state index contributed by atoms with van der Waals surface area (Å²) in [5.74, 6) is -0.465. The summed E-state index contributed by atoms with van der Waals surface area (Å²) in [6, 6.07) is 33.1. The van der Waals surface area contributed by atoms with E-state index < -0.39 is 4.92 Å². The third-order valence-corrected chi connectivity index (χ3v) is 11.2. The summed E-state index contributed by atoms with van der Waals surface area (Å²) in [6.45, 7) is 5.87. The number of carbonyl (C=O) groups excluding carboxylic acids is 2. The fourth-order valence-corrected chi connectivity index (χ4v) is 8.50. The van der Waals surface area contributed by atoms with Gasteiger partial charge in [0.2, 0.25) is 0 Å². The molecule has 1 N–H and O–H groups in total. The molecule has 0 bridgehead atoms. The van der Waals surface area contributed by atoms with E-state index in [4.69, 9.17) is 4.99 Å². The van der Waals surface area contributed by atoms with Gasteiger partial charge in [-0.1, -0.05) is 71.4 Å². The van der Waals surface area contributed by atoms with Crippen LogP contribution in [-0.4, -0.2) is 26.9 Å². The molecule has 1 aliphatic rings. The summed E-state index contributed by atoms with van der Waals surface area (Å²) in [5, 5.41) is 15.7. The van der Waals surface area contributed by atoms with Crippen LogP contribution in [0.4, 0.5) is 22.7 Å². The third kappa shape index (κ3) is 7.48. The minimum atomic E-state index is -0.427. The van der Waals surface area contributed by atoms with Gasteiger partial charge >= 0.3 is 0 Å². The Balaban J connectivity index is 1.14. The molecule has 6 aromatic rings. The summed E-state index contributed by atoms with van der Waals surface area (Å²) in [4.78, 5) is 50.4. The van der Waals surface area contributed by atoms with E-state index in [9.17, 15) is 19.7 Å². The van der Waals surface area contributed by atoms with Crippen molar-refractivity contribution in [1.82, 2.24) is 4.98 Å². The number of amidine groups is 1. The van der Waals surface area contributed by atoms with E-state index in [1.54, 1.807) is 35.2 Å². The number of thioether (sulfide) groups is 1. The van der Waals surface area contributed by atoms with Crippen molar-refractivity contribution in [3.63, 3.8) is 0 Å². The highest BCUT2D eigenvalue weighted by Gasteiger charge is 2.35. The van der Waals surface area contributed by atoms with Crippen molar-refractivity contribution in [3.05, 3.63) is 152 Å². The lowest BCUT2D eigenvalue weighted by atomic mass is 10.1. The van der Waals surface area contributed by atoms with Crippen molar-refractivity contribution in [1.29, 1.82) is 0 Å². The lowest BCUT2D eigenvalue weighted by Crippen LogP contribution is -2.28. The predicted octanol–water partition coefficient (Wildman–Crippen LogP) is 10.3. The third-order valence-electron chi connectivity index (χ3n) is 8.05. The van der Waals surface area contributed by atoms with Crippen LogP contribution in [0.25, 0.3) is 16.3 Å². The van der Waals surface area contributed by atoms with Crippen molar-refractivity contribution >= 4 is 90.9 Å². The van der Waals surface area contributed by atoms with Gasteiger partial charge < -0.3 is 5.32 Å². The Morgan fingerprint density at radius 3 is 2.37 bits per heavy atom. The first-order valence-electron chi connectivity index (χ1n) is 15.8. The molecule has 9 nitrogen and oxygen atoms in total. The largest absolute Gasteiger partial charge is 0.322 e. The van der Waals surface area contributed by atoms with Crippen molar-refractivity contribution in [2.45, 2.75) is 30.0 Å². The van der Waals surface area contributed by atoms with E-state index in [0.29, 0.717) is 47.5 Å². The number of hydrogen-bond donors (Lipinski definition) is 1. The lowest BCUT2D eigenvalue weighted by Gasteiger charge is -2.16. The number of rotatable bonds is 8. The number of carbonyl (C=O) groups is 2. The van der Waals surface area contributed by atoms with Gasteiger partial charge in [-0.05, 0) is 104 Å². The maximum absolute atomic E-state index is 13.8. The molecular weight excluding hydrogens is 699 g/mol. The van der Waals surface area contributed by atoms with Crippen molar-refractivity contribution in [2.75, 3.05) is 10.2 Å². The molecule has 0 saturated carbocycles. The van der Waals surface area contributed by atoms with Crippen LogP contribution in [-0.2, 0) is 4.79 Å². The number of aromatic nitrogens is 1. The summed E-state index contributed by atoms with van der Waals surface area (Å²) >= 11 is 3.81. The second-order valence-electron chi connectivity index (χ2n) is 11.8. The molecule has 2 heterocycles. The van der Waals surface area contributed by atoms with E-state index >= 15 is 0 Å². The molecule has 51 heavy (non-hydrogen) atoms. The molecule has 2 amide bonds. The molecule has 1 aromatic heterocycles. The van der Waals surface area contributed by atoms with Crippen LogP contribution < -0.4 is 10.2 Å². The second-order valence-corrected chi connectivity index (χ2v) is 15.2. The zero-order valence-corrected chi connectivity index (χ0v) is 30.1. The first kappa shape index (κ1) is 33.9. The normalized spacial score (nSPS) is 14.5. The van der Waals surface area contributed by atoms with Gasteiger partial charge in [-0.25, -0.2) is 9.98 Å². The molecule has 0 aliphatic carbocycles. The average Bonchev–Trinajstić information content (AvgIpc) is 3.65. The van der Waals surface area contributed by atoms with Gasteiger partial charge in [0.1, 0.15) is 0 Å². The lowest BCUT2D eigenvalue weighted by molar-refractivity contribution is -0.387. The first-order valence-corrected chi connectivity index (χ1v) is 18.3. The predicted molar refractivity (Wildman–Crippen MR) is 208 cm³/mol. The van der Waals surface area contributed by atoms with Crippen LogP contribution in [0, 0.1) is 30.9 Å². The van der Waals surface area contributed by atoms with Crippen LogP contribution in [0.5, 0.6) is 0 Å². The monoisotopic (exact) mass is 727 g/mol. The average molecular weight is 728 g/mol. The highest BCUT2D eigenvalue weighted by Crippen LogP contribution is 2.41. The van der Waals surface area contributed by atoms with E-state index in [1.807, 2.05) is 99.6 Å². The van der Waals surface area contributed by atoms with Gasteiger partial charge in [-0.3, -0.25) is 24.6 Å². The minimum absolute atomic E-state index is 0.0980. The van der Waals surface area contributed by atoms with E-state index in [-0.39, 0.29) is 17.5 Å². The Labute approximate surface area is 306 Å². The zero-order valence-electron chi connectivity index (χ0n) is 27.6. The number of nitrogens with one attached hydrogen (secondary N) is 1. The topological polar surface area (TPSA) is 118 Å². The molecule has 252 valence electrons. The molecule has 0 atom stereocenters. The van der Waals surface area contributed by atoms with Crippen molar-refractivity contribution < 1.29 is 14.5 Å². The number of nitrogens with zero attached hydrogens (tertiary/aromatic N) is 4. The minimum Gasteiger partial charge on any atom is -0.322 e. The number of aryl methyl sites for hydroxylation is 3. The zero-order chi connectivity index (χ0) is 35.6. The van der Waals surface area contributed by atoms with Gasteiger partial charge in [-0.15, -0.1) is 11.3 Å². The second kappa shape index (κ2) is 14.4. The number of anilines is 2. The quantitative estimate of drug-likeness (QED) is 0.0942. The van der Waals surface area contributed by atoms with Gasteiger partial charge in [-0.2, -0.15) is 0 Å².